The van der Waals surface area contributed by atoms with Crippen LogP contribution in [0.3, 0.4) is 0 Å². The molecule has 3 aromatic rings. The smallest absolute Gasteiger partial charge is 0.124 e. The first-order valence-corrected chi connectivity index (χ1v) is 7.31. The van der Waals surface area contributed by atoms with Gasteiger partial charge in [0.05, 0.1) is 10.2 Å². The number of thiazole rings is 1. The first-order valence-electron chi connectivity index (χ1n) is 6.12. The molecule has 0 bridgehead atoms. The lowest BCUT2D eigenvalue weighted by Gasteiger charge is -2.01. The van der Waals surface area contributed by atoms with E-state index in [-0.39, 0.29) is 0 Å². The van der Waals surface area contributed by atoms with Crippen molar-refractivity contribution in [3.05, 3.63) is 53.1 Å². The third-order valence-corrected chi connectivity index (χ3v) is 4.26. The number of benzene rings is 2. The van der Waals surface area contributed by atoms with Crippen molar-refractivity contribution in [2.24, 2.45) is 5.73 Å². The normalized spacial score (nSPS) is 11.1. The Labute approximate surface area is 120 Å². The molecular formula is C15H13ClN2S. The van der Waals surface area contributed by atoms with E-state index in [9.17, 15) is 0 Å². The minimum absolute atomic E-state index is 0.666. The van der Waals surface area contributed by atoms with E-state index in [4.69, 9.17) is 17.3 Å². The minimum Gasteiger partial charge on any atom is -0.330 e. The van der Waals surface area contributed by atoms with Gasteiger partial charge < -0.3 is 5.73 Å². The summed E-state index contributed by atoms with van der Waals surface area (Å²) in [4.78, 5) is 4.65. The molecule has 2 nitrogen and oxygen atoms in total. The number of aromatic nitrogens is 1. The molecule has 3 rings (SSSR count). The molecule has 1 heterocycles. The van der Waals surface area contributed by atoms with Gasteiger partial charge in [0.2, 0.25) is 0 Å². The molecule has 0 aliphatic heterocycles. The first-order chi connectivity index (χ1) is 9.26. The summed E-state index contributed by atoms with van der Waals surface area (Å²) in [5.41, 5.74) is 8.98. The molecule has 19 heavy (non-hydrogen) atoms. The third-order valence-electron chi connectivity index (χ3n) is 2.96. The standard InChI is InChI=1S/C15H13ClN2S/c16-12-4-5-13-14(9-12)19-15(18-13)11-3-1-2-10(8-11)6-7-17/h1-5,8-9H,6-7,17H2. The van der Waals surface area contributed by atoms with Gasteiger partial charge in [0, 0.05) is 10.6 Å². The Morgan fingerprint density at radius 2 is 2.05 bits per heavy atom. The predicted octanol–water partition coefficient (Wildman–Crippen LogP) is 4.12. The maximum atomic E-state index is 6.01. The van der Waals surface area contributed by atoms with E-state index in [2.05, 4.69) is 29.2 Å². The van der Waals surface area contributed by atoms with Gasteiger partial charge in [0.25, 0.3) is 0 Å². The van der Waals surface area contributed by atoms with Gasteiger partial charge in [0.1, 0.15) is 5.01 Å². The first kappa shape index (κ1) is 12.6. The van der Waals surface area contributed by atoms with E-state index in [1.807, 2.05) is 18.2 Å². The van der Waals surface area contributed by atoms with Crippen molar-refractivity contribution in [2.75, 3.05) is 6.54 Å². The summed E-state index contributed by atoms with van der Waals surface area (Å²) in [6.07, 6.45) is 0.893. The van der Waals surface area contributed by atoms with Gasteiger partial charge in [-0.25, -0.2) is 4.98 Å². The van der Waals surface area contributed by atoms with Crippen molar-refractivity contribution < 1.29 is 0 Å². The highest BCUT2D eigenvalue weighted by Gasteiger charge is 2.07. The molecule has 0 radical (unpaired) electrons. The molecule has 0 amide bonds. The van der Waals surface area contributed by atoms with Crippen molar-refractivity contribution in [3.8, 4) is 10.6 Å². The molecule has 0 atom stereocenters. The zero-order valence-electron chi connectivity index (χ0n) is 10.3. The number of fused-ring (bicyclic) bond motifs is 1. The third kappa shape index (κ3) is 2.63. The molecule has 0 saturated carbocycles. The highest BCUT2D eigenvalue weighted by atomic mass is 35.5. The number of nitrogens with two attached hydrogens (primary N) is 1. The van der Waals surface area contributed by atoms with Crippen LogP contribution in [0.25, 0.3) is 20.8 Å². The maximum Gasteiger partial charge on any atom is 0.124 e. The Morgan fingerprint density at radius 3 is 2.89 bits per heavy atom. The fraction of sp³-hybridized carbons (Fsp3) is 0.133. The molecule has 2 N–H and O–H groups in total. The Bertz CT molecular complexity index is 721. The Morgan fingerprint density at radius 1 is 1.16 bits per heavy atom. The predicted molar refractivity (Wildman–Crippen MR) is 82.8 cm³/mol. The quantitative estimate of drug-likeness (QED) is 0.787. The van der Waals surface area contributed by atoms with E-state index in [0.717, 1.165) is 32.2 Å². The second-order valence-electron chi connectivity index (χ2n) is 4.37. The lowest BCUT2D eigenvalue weighted by atomic mass is 10.1. The summed E-state index contributed by atoms with van der Waals surface area (Å²) in [5.74, 6) is 0. The van der Waals surface area contributed by atoms with Crippen LogP contribution in [0.1, 0.15) is 5.56 Å². The molecule has 2 aromatic carbocycles. The summed E-state index contributed by atoms with van der Waals surface area (Å²) >= 11 is 7.67. The van der Waals surface area contributed by atoms with Gasteiger partial charge in [-0.3, -0.25) is 0 Å². The molecule has 0 saturated heterocycles. The Hall–Kier alpha value is -1.42. The highest BCUT2D eigenvalue weighted by Crippen LogP contribution is 2.32. The lowest BCUT2D eigenvalue weighted by Crippen LogP contribution is -2.02. The van der Waals surface area contributed by atoms with Crippen LogP contribution in [0.4, 0.5) is 0 Å². The molecule has 0 spiro atoms. The van der Waals surface area contributed by atoms with Gasteiger partial charge >= 0.3 is 0 Å². The van der Waals surface area contributed by atoms with E-state index in [0.29, 0.717) is 6.54 Å². The van der Waals surface area contributed by atoms with E-state index >= 15 is 0 Å². The van der Waals surface area contributed by atoms with Crippen LogP contribution in [0.15, 0.2) is 42.5 Å². The summed E-state index contributed by atoms with van der Waals surface area (Å²) < 4.78 is 1.12. The van der Waals surface area contributed by atoms with Crippen LogP contribution in [0, 0.1) is 0 Å². The van der Waals surface area contributed by atoms with Crippen molar-refractivity contribution in [2.45, 2.75) is 6.42 Å². The SMILES string of the molecule is NCCc1cccc(-c2nc3ccc(Cl)cc3s2)c1. The van der Waals surface area contributed by atoms with Crippen LogP contribution < -0.4 is 5.73 Å². The molecule has 96 valence electrons. The van der Waals surface area contributed by atoms with Crippen LogP contribution >= 0.6 is 22.9 Å². The second-order valence-corrected chi connectivity index (χ2v) is 5.84. The molecule has 0 unspecified atom stereocenters. The monoisotopic (exact) mass is 288 g/mol. The number of rotatable bonds is 3. The summed E-state index contributed by atoms with van der Waals surface area (Å²) in [5, 5.41) is 1.77. The largest absolute Gasteiger partial charge is 0.330 e. The van der Waals surface area contributed by atoms with E-state index in [1.54, 1.807) is 11.3 Å². The van der Waals surface area contributed by atoms with Crippen molar-refractivity contribution in [3.63, 3.8) is 0 Å². The van der Waals surface area contributed by atoms with Crippen LogP contribution in [-0.4, -0.2) is 11.5 Å². The average Bonchev–Trinajstić information content (AvgIpc) is 2.82. The van der Waals surface area contributed by atoms with Gasteiger partial charge in [-0.2, -0.15) is 0 Å². The number of hydrogen-bond donors (Lipinski definition) is 1. The fourth-order valence-corrected chi connectivity index (χ4v) is 3.29. The number of halogens is 1. The van der Waals surface area contributed by atoms with Crippen LogP contribution in [0.5, 0.6) is 0 Å². The molecule has 1 aromatic heterocycles. The summed E-state index contributed by atoms with van der Waals surface area (Å²) in [7, 11) is 0. The Kier molecular flexibility index (Phi) is 3.51. The summed E-state index contributed by atoms with van der Waals surface area (Å²) in [6, 6.07) is 14.2. The van der Waals surface area contributed by atoms with Crippen molar-refractivity contribution in [1.82, 2.24) is 4.98 Å². The van der Waals surface area contributed by atoms with Gasteiger partial charge in [-0.15, -0.1) is 11.3 Å². The van der Waals surface area contributed by atoms with E-state index in [1.165, 1.54) is 5.56 Å². The maximum absolute atomic E-state index is 6.01. The van der Waals surface area contributed by atoms with Crippen LogP contribution in [-0.2, 0) is 6.42 Å². The number of hydrogen-bond acceptors (Lipinski definition) is 3. The topological polar surface area (TPSA) is 38.9 Å². The molecule has 0 aliphatic rings. The number of nitrogens with zero attached hydrogens (tertiary/aromatic N) is 1. The lowest BCUT2D eigenvalue weighted by molar-refractivity contribution is 0.969. The minimum atomic E-state index is 0.666. The fourth-order valence-electron chi connectivity index (χ4n) is 2.05. The highest BCUT2D eigenvalue weighted by molar-refractivity contribution is 7.21. The van der Waals surface area contributed by atoms with Gasteiger partial charge in [0.15, 0.2) is 0 Å². The molecule has 4 heteroatoms. The molecule has 0 aliphatic carbocycles. The molecular weight excluding hydrogens is 276 g/mol. The van der Waals surface area contributed by atoms with Gasteiger partial charge in [-0.1, -0.05) is 29.8 Å². The van der Waals surface area contributed by atoms with Gasteiger partial charge in [-0.05, 0) is 42.8 Å². The van der Waals surface area contributed by atoms with E-state index < -0.39 is 0 Å². The Balaban J connectivity index is 2.05. The summed E-state index contributed by atoms with van der Waals surface area (Å²) in [6.45, 7) is 0.666. The van der Waals surface area contributed by atoms with Crippen molar-refractivity contribution in [1.29, 1.82) is 0 Å². The zero-order chi connectivity index (χ0) is 13.2. The average molecular weight is 289 g/mol. The van der Waals surface area contributed by atoms with Crippen LogP contribution in [0.2, 0.25) is 5.02 Å². The van der Waals surface area contributed by atoms with Crippen molar-refractivity contribution >= 4 is 33.2 Å². The second kappa shape index (κ2) is 5.29. The molecule has 0 fully saturated rings. The zero-order valence-corrected chi connectivity index (χ0v) is 11.8.